The largest absolute Gasteiger partial charge is 0.363 e. The number of amidine groups is 1. The predicted molar refractivity (Wildman–Crippen MR) is 54.7 cm³/mol. The lowest BCUT2D eigenvalue weighted by Crippen LogP contribution is -2.32. The molecule has 0 unspecified atom stereocenters. The first kappa shape index (κ1) is 11.5. The maximum atomic E-state index is 7.88. The zero-order valence-corrected chi connectivity index (χ0v) is 8.85. The summed E-state index contributed by atoms with van der Waals surface area (Å²) in [4.78, 5) is 2.07. The molecule has 0 fully saturated rings. The van der Waals surface area contributed by atoms with Crippen LogP contribution in [-0.4, -0.2) is 24.3 Å². The smallest absolute Gasteiger partial charge is 0.0986 e. The van der Waals surface area contributed by atoms with E-state index < -0.39 is 0 Å². The molecule has 0 aromatic carbocycles. The van der Waals surface area contributed by atoms with Crippen LogP contribution in [0.2, 0.25) is 0 Å². The molecule has 0 aliphatic rings. The summed E-state index contributed by atoms with van der Waals surface area (Å²) in [6, 6.07) is 0. The van der Waals surface area contributed by atoms with Crippen molar-refractivity contribution in [1.29, 1.82) is 5.41 Å². The maximum Gasteiger partial charge on any atom is 0.0986 e. The van der Waals surface area contributed by atoms with Crippen molar-refractivity contribution < 1.29 is 0 Å². The summed E-state index contributed by atoms with van der Waals surface area (Å²) in [6.07, 6.45) is 3.30. The highest BCUT2D eigenvalue weighted by atomic mass is 15.1. The predicted octanol–water partition coefficient (Wildman–Crippen LogP) is 2.74. The van der Waals surface area contributed by atoms with E-state index in [0.29, 0.717) is 5.92 Å². The first-order valence-corrected chi connectivity index (χ1v) is 4.96. The second-order valence-electron chi connectivity index (χ2n) is 3.32. The topological polar surface area (TPSA) is 27.1 Å². The van der Waals surface area contributed by atoms with Gasteiger partial charge in [-0.15, -0.1) is 0 Å². The number of rotatable bonds is 5. The first-order valence-electron chi connectivity index (χ1n) is 4.96. The van der Waals surface area contributed by atoms with E-state index in [1.54, 1.807) is 0 Å². The summed E-state index contributed by atoms with van der Waals surface area (Å²) < 4.78 is 0. The maximum absolute atomic E-state index is 7.88. The highest BCUT2D eigenvalue weighted by molar-refractivity contribution is 5.81. The molecule has 0 aliphatic carbocycles. The molecule has 0 amide bonds. The van der Waals surface area contributed by atoms with Crippen LogP contribution in [0, 0.1) is 11.3 Å². The van der Waals surface area contributed by atoms with Crippen LogP contribution < -0.4 is 0 Å². The van der Waals surface area contributed by atoms with Crippen LogP contribution in [0.25, 0.3) is 0 Å². The molecule has 1 N–H and O–H groups in total. The van der Waals surface area contributed by atoms with Gasteiger partial charge in [-0.3, -0.25) is 5.41 Å². The van der Waals surface area contributed by atoms with Crippen molar-refractivity contribution in [2.45, 2.75) is 40.0 Å². The van der Waals surface area contributed by atoms with E-state index in [0.717, 1.165) is 31.6 Å². The summed E-state index contributed by atoms with van der Waals surface area (Å²) in [5.41, 5.74) is 0. The molecule has 0 aliphatic heterocycles. The molecule has 0 bridgehead atoms. The summed E-state index contributed by atoms with van der Waals surface area (Å²) >= 11 is 0. The van der Waals surface area contributed by atoms with E-state index in [1.807, 2.05) is 7.05 Å². The van der Waals surface area contributed by atoms with Gasteiger partial charge in [0.05, 0.1) is 5.84 Å². The Morgan fingerprint density at radius 3 is 2.08 bits per heavy atom. The van der Waals surface area contributed by atoms with Crippen LogP contribution >= 0.6 is 0 Å². The van der Waals surface area contributed by atoms with Gasteiger partial charge in [0.25, 0.3) is 0 Å². The number of hydrogen-bond donors (Lipinski definition) is 1. The van der Waals surface area contributed by atoms with Crippen LogP contribution in [0.4, 0.5) is 0 Å². The molecule has 0 rings (SSSR count). The minimum absolute atomic E-state index is 0.460. The Morgan fingerprint density at radius 2 is 1.75 bits per heavy atom. The van der Waals surface area contributed by atoms with Crippen LogP contribution in [0.5, 0.6) is 0 Å². The molecule has 0 aromatic heterocycles. The van der Waals surface area contributed by atoms with Crippen molar-refractivity contribution in [3.8, 4) is 0 Å². The van der Waals surface area contributed by atoms with Gasteiger partial charge in [0, 0.05) is 19.5 Å². The lowest BCUT2D eigenvalue weighted by molar-refractivity contribution is 0.447. The molecule has 72 valence electrons. The molecule has 0 saturated heterocycles. The fourth-order valence-corrected chi connectivity index (χ4v) is 1.44. The normalized spacial score (nSPS) is 10.4. The van der Waals surface area contributed by atoms with Crippen molar-refractivity contribution in [3.63, 3.8) is 0 Å². The summed E-state index contributed by atoms with van der Waals surface area (Å²) in [5, 5.41) is 7.88. The minimum atomic E-state index is 0.460. The molecule has 0 spiro atoms. The second kappa shape index (κ2) is 6.04. The van der Waals surface area contributed by atoms with Crippen molar-refractivity contribution >= 4 is 5.84 Å². The Balaban J connectivity index is 3.97. The van der Waals surface area contributed by atoms with Gasteiger partial charge < -0.3 is 4.90 Å². The fraction of sp³-hybridized carbons (Fsp3) is 0.900. The molecule has 0 saturated carbocycles. The Labute approximate surface area is 76.5 Å². The van der Waals surface area contributed by atoms with Crippen molar-refractivity contribution in [1.82, 2.24) is 4.90 Å². The van der Waals surface area contributed by atoms with Gasteiger partial charge in [-0.1, -0.05) is 20.8 Å². The highest BCUT2D eigenvalue weighted by Crippen LogP contribution is 2.11. The van der Waals surface area contributed by atoms with Gasteiger partial charge in [-0.25, -0.2) is 0 Å². The molecule has 0 radical (unpaired) electrons. The second-order valence-corrected chi connectivity index (χ2v) is 3.32. The molecule has 12 heavy (non-hydrogen) atoms. The third kappa shape index (κ3) is 3.24. The standard InChI is InChI=1S/C10H22N2/c1-5-8-12(4)10(11)9(6-2)7-3/h9,11H,5-8H2,1-4H3. The molecule has 2 nitrogen and oxygen atoms in total. The first-order chi connectivity index (χ1) is 5.67. The molecule has 0 heterocycles. The Kier molecular flexibility index (Phi) is 5.77. The molecule has 2 heteroatoms. The molecular formula is C10H22N2. The average Bonchev–Trinajstić information content (AvgIpc) is 2.07. The molecule has 0 aromatic rings. The van der Waals surface area contributed by atoms with Crippen LogP contribution in [0.15, 0.2) is 0 Å². The number of nitrogens with zero attached hydrogens (tertiary/aromatic N) is 1. The van der Waals surface area contributed by atoms with E-state index >= 15 is 0 Å². The van der Waals surface area contributed by atoms with Crippen molar-refractivity contribution in [3.05, 3.63) is 0 Å². The van der Waals surface area contributed by atoms with Gasteiger partial charge in [0.15, 0.2) is 0 Å². The highest BCUT2D eigenvalue weighted by Gasteiger charge is 2.13. The monoisotopic (exact) mass is 170 g/mol. The minimum Gasteiger partial charge on any atom is -0.363 e. The Hall–Kier alpha value is -0.530. The Bertz CT molecular complexity index is 128. The van der Waals surface area contributed by atoms with E-state index in [1.165, 1.54) is 0 Å². The van der Waals surface area contributed by atoms with Gasteiger partial charge in [0.1, 0.15) is 0 Å². The molecule has 0 atom stereocenters. The van der Waals surface area contributed by atoms with Gasteiger partial charge in [-0.2, -0.15) is 0 Å². The van der Waals surface area contributed by atoms with Crippen LogP contribution in [0.3, 0.4) is 0 Å². The van der Waals surface area contributed by atoms with E-state index in [4.69, 9.17) is 5.41 Å². The fourth-order valence-electron chi connectivity index (χ4n) is 1.44. The Morgan fingerprint density at radius 1 is 1.25 bits per heavy atom. The summed E-state index contributed by atoms with van der Waals surface area (Å²) in [5.74, 6) is 1.27. The summed E-state index contributed by atoms with van der Waals surface area (Å²) in [6.45, 7) is 7.47. The van der Waals surface area contributed by atoms with Crippen LogP contribution in [0.1, 0.15) is 40.0 Å². The third-order valence-corrected chi connectivity index (χ3v) is 2.34. The van der Waals surface area contributed by atoms with E-state index in [9.17, 15) is 0 Å². The number of nitrogens with one attached hydrogen (secondary N) is 1. The van der Waals surface area contributed by atoms with E-state index in [2.05, 4.69) is 25.7 Å². The van der Waals surface area contributed by atoms with E-state index in [-0.39, 0.29) is 0 Å². The lowest BCUT2D eigenvalue weighted by Gasteiger charge is -2.24. The molecular weight excluding hydrogens is 148 g/mol. The average molecular weight is 170 g/mol. The zero-order chi connectivity index (χ0) is 9.56. The quantitative estimate of drug-likeness (QED) is 0.498. The van der Waals surface area contributed by atoms with Gasteiger partial charge in [0.2, 0.25) is 0 Å². The van der Waals surface area contributed by atoms with Crippen molar-refractivity contribution in [2.75, 3.05) is 13.6 Å². The summed E-state index contributed by atoms with van der Waals surface area (Å²) in [7, 11) is 2.02. The SMILES string of the molecule is CCCN(C)C(=N)C(CC)CC. The van der Waals surface area contributed by atoms with Crippen molar-refractivity contribution in [2.24, 2.45) is 5.92 Å². The van der Waals surface area contributed by atoms with Gasteiger partial charge in [-0.05, 0) is 19.3 Å². The zero-order valence-electron chi connectivity index (χ0n) is 8.85. The third-order valence-electron chi connectivity index (χ3n) is 2.34. The van der Waals surface area contributed by atoms with Gasteiger partial charge >= 0.3 is 0 Å². The van der Waals surface area contributed by atoms with Crippen LogP contribution in [-0.2, 0) is 0 Å². The number of hydrogen-bond acceptors (Lipinski definition) is 1. The lowest BCUT2D eigenvalue weighted by atomic mass is 10.0.